The van der Waals surface area contributed by atoms with Crippen molar-refractivity contribution in [2.45, 2.75) is 13.0 Å². The van der Waals surface area contributed by atoms with Gasteiger partial charge in [0, 0.05) is 48.0 Å². The average Bonchev–Trinajstić information content (AvgIpc) is 3.13. The van der Waals surface area contributed by atoms with Crippen molar-refractivity contribution in [1.29, 1.82) is 0 Å². The summed E-state index contributed by atoms with van der Waals surface area (Å²) < 4.78 is 5.20. The first-order valence-electron chi connectivity index (χ1n) is 8.69. The molecule has 1 aliphatic heterocycles. The van der Waals surface area contributed by atoms with Crippen LogP contribution in [0.5, 0.6) is 17.2 Å². The molecule has 4 rings (SSSR count). The molecule has 7 nitrogen and oxygen atoms in total. The van der Waals surface area contributed by atoms with Crippen molar-refractivity contribution in [3.63, 3.8) is 0 Å². The molecule has 0 bridgehead atoms. The van der Waals surface area contributed by atoms with Crippen LogP contribution in [0.1, 0.15) is 21.6 Å². The van der Waals surface area contributed by atoms with Gasteiger partial charge in [-0.15, -0.1) is 0 Å². The van der Waals surface area contributed by atoms with Gasteiger partial charge < -0.3 is 19.8 Å². The number of halogens is 1. The Morgan fingerprint density at radius 1 is 1.25 bits per heavy atom. The van der Waals surface area contributed by atoms with E-state index in [1.54, 1.807) is 36.3 Å². The van der Waals surface area contributed by atoms with Crippen LogP contribution in [0.25, 0.3) is 11.3 Å². The molecule has 8 heteroatoms. The summed E-state index contributed by atoms with van der Waals surface area (Å²) in [5.41, 5.74) is 3.18. The molecule has 0 saturated carbocycles. The monoisotopic (exact) mass is 399 g/mol. The fourth-order valence-corrected chi connectivity index (χ4v) is 3.53. The van der Waals surface area contributed by atoms with Gasteiger partial charge in [0.15, 0.2) is 0 Å². The van der Waals surface area contributed by atoms with Gasteiger partial charge in [0.1, 0.15) is 22.9 Å². The van der Waals surface area contributed by atoms with E-state index in [0.29, 0.717) is 42.1 Å². The summed E-state index contributed by atoms with van der Waals surface area (Å²) in [5.74, 6) is 0.176. The first kappa shape index (κ1) is 18.2. The number of aromatic nitrogens is 2. The predicted molar refractivity (Wildman–Crippen MR) is 104 cm³/mol. The molecular formula is C20H18ClN3O4. The minimum Gasteiger partial charge on any atom is -0.507 e. The number of fused-ring (bicyclic) bond motifs is 1. The molecule has 1 aromatic heterocycles. The quantitative estimate of drug-likeness (QED) is 0.627. The van der Waals surface area contributed by atoms with E-state index in [2.05, 4.69) is 10.2 Å². The van der Waals surface area contributed by atoms with E-state index in [0.717, 1.165) is 11.3 Å². The second kappa shape index (κ2) is 7.09. The number of hydrogen-bond acceptors (Lipinski definition) is 5. The van der Waals surface area contributed by atoms with Gasteiger partial charge in [-0.05, 0) is 24.3 Å². The Morgan fingerprint density at radius 2 is 2.07 bits per heavy atom. The lowest BCUT2D eigenvalue weighted by atomic mass is 9.99. The summed E-state index contributed by atoms with van der Waals surface area (Å²) >= 11 is 6.00. The van der Waals surface area contributed by atoms with E-state index >= 15 is 0 Å². The zero-order valence-electron chi connectivity index (χ0n) is 15.1. The Balaban J connectivity index is 1.67. The molecule has 0 radical (unpaired) electrons. The number of methoxy groups -OCH3 is 1. The Bertz CT molecular complexity index is 1060. The third-order valence-electron chi connectivity index (χ3n) is 4.86. The normalized spacial score (nSPS) is 13.3. The second-order valence-corrected chi connectivity index (χ2v) is 6.97. The maximum atomic E-state index is 12.9. The lowest BCUT2D eigenvalue weighted by Gasteiger charge is -2.27. The highest BCUT2D eigenvalue weighted by Gasteiger charge is 2.27. The number of hydrogen-bond donors (Lipinski definition) is 3. The van der Waals surface area contributed by atoms with Crippen molar-refractivity contribution < 1.29 is 19.7 Å². The van der Waals surface area contributed by atoms with Crippen LogP contribution in [0.15, 0.2) is 36.4 Å². The number of amides is 1. The second-order valence-electron chi connectivity index (χ2n) is 6.56. The van der Waals surface area contributed by atoms with Crippen molar-refractivity contribution in [2.24, 2.45) is 0 Å². The maximum Gasteiger partial charge on any atom is 0.254 e. The number of aromatic amines is 1. The van der Waals surface area contributed by atoms with Crippen molar-refractivity contribution in [3.8, 4) is 28.5 Å². The zero-order chi connectivity index (χ0) is 19.8. The zero-order valence-corrected chi connectivity index (χ0v) is 15.8. The van der Waals surface area contributed by atoms with Gasteiger partial charge in [-0.25, -0.2) is 0 Å². The Morgan fingerprint density at radius 3 is 2.86 bits per heavy atom. The number of rotatable bonds is 3. The van der Waals surface area contributed by atoms with Gasteiger partial charge in [-0.2, -0.15) is 5.10 Å². The van der Waals surface area contributed by atoms with Crippen LogP contribution in [-0.4, -0.2) is 44.9 Å². The number of phenolic OH excluding ortho intramolecular Hbond substituents is 2. The van der Waals surface area contributed by atoms with Gasteiger partial charge in [0.25, 0.3) is 5.91 Å². The number of aromatic hydroxyl groups is 2. The van der Waals surface area contributed by atoms with E-state index in [-0.39, 0.29) is 22.4 Å². The van der Waals surface area contributed by atoms with Crippen LogP contribution in [0.4, 0.5) is 0 Å². The van der Waals surface area contributed by atoms with Crippen molar-refractivity contribution >= 4 is 17.5 Å². The van der Waals surface area contributed by atoms with E-state index < -0.39 is 0 Å². The molecule has 1 amide bonds. The average molecular weight is 400 g/mol. The molecule has 28 heavy (non-hydrogen) atoms. The number of phenols is 2. The number of nitrogens with one attached hydrogen (secondary N) is 1. The molecule has 3 N–H and O–H groups in total. The highest BCUT2D eigenvalue weighted by molar-refractivity contribution is 6.32. The minimum absolute atomic E-state index is 0.107. The lowest BCUT2D eigenvalue weighted by molar-refractivity contribution is 0.0734. The SMILES string of the molecule is COc1cccc(C(=O)N2CCc3[nH]nc(-c4cc(Cl)c(O)cc4O)c3C2)c1. The molecule has 1 aliphatic rings. The Kier molecular flexibility index (Phi) is 4.60. The molecule has 0 spiro atoms. The first-order chi connectivity index (χ1) is 13.5. The topological polar surface area (TPSA) is 98.7 Å². The molecule has 2 aromatic carbocycles. The highest BCUT2D eigenvalue weighted by atomic mass is 35.5. The molecule has 3 aromatic rings. The van der Waals surface area contributed by atoms with E-state index in [1.807, 2.05) is 0 Å². The lowest BCUT2D eigenvalue weighted by Crippen LogP contribution is -2.35. The van der Waals surface area contributed by atoms with E-state index in [1.165, 1.54) is 12.1 Å². The summed E-state index contributed by atoms with van der Waals surface area (Å²) in [5, 5.41) is 27.3. The molecule has 144 valence electrons. The third kappa shape index (κ3) is 3.14. The fourth-order valence-electron chi connectivity index (χ4n) is 3.37. The molecule has 0 aliphatic carbocycles. The molecule has 2 heterocycles. The Labute approximate surface area is 166 Å². The standard InChI is InChI=1S/C20H18ClN3O4/c1-28-12-4-2-3-11(7-12)20(27)24-6-5-16-14(10-24)19(23-22-16)13-8-15(21)18(26)9-17(13)25/h2-4,7-9,25-26H,5-6,10H2,1H3,(H,22,23). The largest absolute Gasteiger partial charge is 0.507 e. The molecule has 0 saturated heterocycles. The Hall–Kier alpha value is -3.19. The van der Waals surface area contributed by atoms with Gasteiger partial charge >= 0.3 is 0 Å². The number of H-pyrrole nitrogens is 1. The number of carbonyl (C=O) groups is 1. The van der Waals surface area contributed by atoms with Crippen molar-refractivity contribution in [2.75, 3.05) is 13.7 Å². The van der Waals surface area contributed by atoms with E-state index in [9.17, 15) is 15.0 Å². The van der Waals surface area contributed by atoms with Gasteiger partial charge in [0.05, 0.1) is 12.1 Å². The van der Waals surface area contributed by atoms with Crippen LogP contribution >= 0.6 is 11.6 Å². The summed E-state index contributed by atoms with van der Waals surface area (Å²) in [6.07, 6.45) is 0.616. The van der Waals surface area contributed by atoms with Crippen molar-refractivity contribution in [3.05, 3.63) is 58.2 Å². The maximum absolute atomic E-state index is 12.9. The number of nitrogens with zero attached hydrogens (tertiary/aromatic N) is 2. The van der Waals surface area contributed by atoms with Crippen LogP contribution < -0.4 is 4.74 Å². The van der Waals surface area contributed by atoms with Crippen LogP contribution in [0.3, 0.4) is 0 Å². The van der Waals surface area contributed by atoms with Gasteiger partial charge in [-0.1, -0.05) is 17.7 Å². The molecule has 0 atom stereocenters. The summed E-state index contributed by atoms with van der Waals surface area (Å²) in [6, 6.07) is 9.67. The predicted octanol–water partition coefficient (Wildman–Crippen LogP) is 3.35. The van der Waals surface area contributed by atoms with Crippen LogP contribution in [0, 0.1) is 0 Å². The number of ether oxygens (including phenoxy) is 1. The summed E-state index contributed by atoms with van der Waals surface area (Å²) in [6.45, 7) is 0.891. The van der Waals surface area contributed by atoms with Gasteiger partial charge in [-0.3, -0.25) is 9.89 Å². The molecule has 0 unspecified atom stereocenters. The highest BCUT2D eigenvalue weighted by Crippen LogP contribution is 2.39. The third-order valence-corrected chi connectivity index (χ3v) is 5.16. The summed E-state index contributed by atoms with van der Waals surface area (Å²) in [4.78, 5) is 14.7. The van der Waals surface area contributed by atoms with Gasteiger partial charge in [0.2, 0.25) is 0 Å². The smallest absolute Gasteiger partial charge is 0.254 e. The number of carbonyl (C=O) groups excluding carboxylic acids is 1. The fraction of sp³-hybridized carbons (Fsp3) is 0.200. The minimum atomic E-state index is -0.206. The first-order valence-corrected chi connectivity index (χ1v) is 9.07. The van der Waals surface area contributed by atoms with Crippen LogP contribution in [0.2, 0.25) is 5.02 Å². The van der Waals surface area contributed by atoms with Crippen molar-refractivity contribution in [1.82, 2.24) is 15.1 Å². The van der Waals surface area contributed by atoms with Crippen LogP contribution in [-0.2, 0) is 13.0 Å². The molecule has 0 fully saturated rings. The number of benzene rings is 2. The summed E-state index contributed by atoms with van der Waals surface area (Å²) in [7, 11) is 1.56. The molecular weight excluding hydrogens is 382 g/mol. The van der Waals surface area contributed by atoms with E-state index in [4.69, 9.17) is 16.3 Å².